The number of hydrogen-bond acceptors (Lipinski definition) is 3. The van der Waals surface area contributed by atoms with Crippen molar-refractivity contribution in [1.82, 2.24) is 0 Å². The van der Waals surface area contributed by atoms with E-state index in [2.05, 4.69) is 32.5 Å². The van der Waals surface area contributed by atoms with Gasteiger partial charge in [0.25, 0.3) is 0 Å². The van der Waals surface area contributed by atoms with Crippen LogP contribution in [0.2, 0.25) is 0 Å². The van der Waals surface area contributed by atoms with Gasteiger partial charge in [-0.25, -0.2) is 0 Å². The molecule has 0 aliphatic rings. The van der Waals surface area contributed by atoms with Gasteiger partial charge in [0.1, 0.15) is 6.10 Å². The summed E-state index contributed by atoms with van der Waals surface area (Å²) in [6, 6.07) is 7.27. The van der Waals surface area contributed by atoms with Crippen LogP contribution in [0, 0.1) is 11.8 Å². The predicted molar refractivity (Wildman–Crippen MR) is 63.5 cm³/mol. The molecule has 1 aromatic rings. The maximum absolute atomic E-state index is 10.5. The van der Waals surface area contributed by atoms with Crippen molar-refractivity contribution in [1.29, 1.82) is 0 Å². The molecule has 0 aromatic heterocycles. The summed E-state index contributed by atoms with van der Waals surface area (Å²) in [6.07, 6.45) is -0.883. The van der Waals surface area contributed by atoms with Crippen LogP contribution in [0.4, 0.5) is 0 Å². The number of halogens is 1. The van der Waals surface area contributed by atoms with Crippen LogP contribution in [0.3, 0.4) is 0 Å². The van der Waals surface area contributed by atoms with Gasteiger partial charge in [-0.15, -0.1) is 0 Å². The SMILES string of the molecule is CC(=O)OCC#C[C@@H](O)c1ccccc1Br. The van der Waals surface area contributed by atoms with Crippen LogP contribution in [0.25, 0.3) is 0 Å². The molecule has 1 N–H and O–H groups in total. The van der Waals surface area contributed by atoms with E-state index in [4.69, 9.17) is 0 Å². The number of aliphatic hydroxyl groups excluding tert-OH is 1. The lowest BCUT2D eigenvalue weighted by molar-refractivity contribution is -0.139. The Morgan fingerprint density at radius 3 is 2.88 bits per heavy atom. The zero-order valence-electron chi connectivity index (χ0n) is 8.74. The Kier molecular flexibility index (Phi) is 5.03. The first-order chi connectivity index (χ1) is 7.61. The number of carbonyl (C=O) groups is 1. The van der Waals surface area contributed by atoms with Gasteiger partial charge in [0.15, 0.2) is 6.61 Å². The number of rotatable bonds is 2. The molecular formula is C12H11BrO3. The summed E-state index contributed by atoms with van der Waals surface area (Å²) < 4.78 is 5.42. The van der Waals surface area contributed by atoms with Crippen LogP contribution in [-0.4, -0.2) is 17.7 Å². The Labute approximate surface area is 103 Å². The molecule has 0 aliphatic carbocycles. The van der Waals surface area contributed by atoms with Crippen molar-refractivity contribution >= 4 is 21.9 Å². The molecule has 1 atom stereocenters. The number of esters is 1. The van der Waals surface area contributed by atoms with Crippen molar-refractivity contribution in [3.63, 3.8) is 0 Å². The lowest BCUT2D eigenvalue weighted by atomic mass is 10.1. The lowest BCUT2D eigenvalue weighted by Gasteiger charge is -2.05. The second-order valence-electron chi connectivity index (χ2n) is 3.03. The van der Waals surface area contributed by atoms with Gasteiger partial charge < -0.3 is 9.84 Å². The molecule has 0 saturated heterocycles. The average molecular weight is 283 g/mol. The third kappa shape index (κ3) is 4.05. The van der Waals surface area contributed by atoms with Crippen LogP contribution in [0.5, 0.6) is 0 Å². The third-order valence-electron chi connectivity index (χ3n) is 1.79. The quantitative estimate of drug-likeness (QED) is 0.667. The molecule has 0 unspecified atom stereocenters. The summed E-state index contributed by atoms with van der Waals surface area (Å²) in [5, 5.41) is 9.72. The molecular weight excluding hydrogens is 272 g/mol. The second kappa shape index (κ2) is 6.31. The number of ether oxygens (including phenoxy) is 1. The monoisotopic (exact) mass is 282 g/mol. The van der Waals surface area contributed by atoms with Crippen LogP contribution in [0.1, 0.15) is 18.6 Å². The Morgan fingerprint density at radius 2 is 2.25 bits per heavy atom. The zero-order valence-corrected chi connectivity index (χ0v) is 10.3. The van der Waals surface area contributed by atoms with Crippen molar-refractivity contribution in [2.45, 2.75) is 13.0 Å². The standard InChI is InChI=1S/C12H11BrO3/c1-9(14)16-8-4-7-12(15)10-5-2-3-6-11(10)13/h2-3,5-6,12,15H,8H2,1H3/t12-/m1/s1. The minimum atomic E-state index is -0.883. The van der Waals surface area contributed by atoms with Crippen molar-refractivity contribution in [3.8, 4) is 11.8 Å². The maximum Gasteiger partial charge on any atom is 0.303 e. The zero-order chi connectivity index (χ0) is 12.0. The Balaban J connectivity index is 2.62. The van der Waals surface area contributed by atoms with E-state index < -0.39 is 6.10 Å². The summed E-state index contributed by atoms with van der Waals surface area (Å²) in [6.45, 7) is 1.31. The normalized spacial score (nSPS) is 11.2. The van der Waals surface area contributed by atoms with Gasteiger partial charge in [-0.3, -0.25) is 4.79 Å². The molecule has 0 fully saturated rings. The molecule has 1 rings (SSSR count). The molecule has 0 heterocycles. The van der Waals surface area contributed by atoms with Gasteiger partial charge >= 0.3 is 5.97 Å². The van der Waals surface area contributed by atoms with Crippen molar-refractivity contribution < 1.29 is 14.6 Å². The molecule has 3 nitrogen and oxygen atoms in total. The Bertz CT molecular complexity index is 431. The van der Waals surface area contributed by atoms with E-state index in [9.17, 15) is 9.90 Å². The van der Waals surface area contributed by atoms with Crippen LogP contribution < -0.4 is 0 Å². The van der Waals surface area contributed by atoms with E-state index in [1.165, 1.54) is 6.92 Å². The Hall–Kier alpha value is -1.31. The molecule has 0 saturated carbocycles. The van der Waals surface area contributed by atoms with E-state index in [1.54, 1.807) is 6.07 Å². The van der Waals surface area contributed by atoms with Gasteiger partial charge in [-0.1, -0.05) is 46.0 Å². The molecule has 0 aliphatic heterocycles. The summed E-state index contributed by atoms with van der Waals surface area (Å²) in [7, 11) is 0. The van der Waals surface area contributed by atoms with Gasteiger partial charge in [-0.05, 0) is 6.07 Å². The molecule has 84 valence electrons. The molecule has 0 radical (unpaired) electrons. The highest BCUT2D eigenvalue weighted by molar-refractivity contribution is 9.10. The number of hydrogen-bond donors (Lipinski definition) is 1. The Morgan fingerprint density at radius 1 is 1.56 bits per heavy atom. The summed E-state index contributed by atoms with van der Waals surface area (Å²) >= 11 is 3.32. The second-order valence-corrected chi connectivity index (χ2v) is 3.88. The van der Waals surface area contributed by atoms with Crippen LogP contribution >= 0.6 is 15.9 Å². The fourth-order valence-corrected chi connectivity index (χ4v) is 1.55. The van der Waals surface area contributed by atoms with Crippen LogP contribution in [0.15, 0.2) is 28.7 Å². The third-order valence-corrected chi connectivity index (χ3v) is 2.51. The molecule has 0 bridgehead atoms. The number of aliphatic hydroxyl groups is 1. The summed E-state index contributed by atoms with van der Waals surface area (Å²) in [5.41, 5.74) is 0.692. The van der Waals surface area contributed by atoms with Crippen molar-refractivity contribution in [2.24, 2.45) is 0 Å². The predicted octanol–water partition coefficient (Wildman–Crippen LogP) is 2.05. The largest absolute Gasteiger partial charge is 0.453 e. The number of benzene rings is 1. The van der Waals surface area contributed by atoms with Crippen LogP contribution in [-0.2, 0) is 9.53 Å². The average Bonchev–Trinajstić information content (AvgIpc) is 2.24. The highest BCUT2D eigenvalue weighted by Gasteiger charge is 2.06. The minimum Gasteiger partial charge on any atom is -0.453 e. The lowest BCUT2D eigenvalue weighted by Crippen LogP contribution is -1.99. The minimum absolute atomic E-state index is 0.00313. The van der Waals surface area contributed by atoms with Crippen molar-refractivity contribution in [2.75, 3.05) is 6.61 Å². The van der Waals surface area contributed by atoms with Gasteiger partial charge in [0.2, 0.25) is 0 Å². The van der Waals surface area contributed by atoms with Crippen molar-refractivity contribution in [3.05, 3.63) is 34.3 Å². The summed E-state index contributed by atoms with van der Waals surface area (Å²) in [5.74, 6) is 4.79. The topological polar surface area (TPSA) is 46.5 Å². The molecule has 4 heteroatoms. The fourth-order valence-electron chi connectivity index (χ4n) is 1.05. The fraction of sp³-hybridized carbons (Fsp3) is 0.250. The van der Waals surface area contributed by atoms with E-state index >= 15 is 0 Å². The highest BCUT2D eigenvalue weighted by atomic mass is 79.9. The van der Waals surface area contributed by atoms with E-state index in [0.29, 0.717) is 5.56 Å². The first-order valence-corrected chi connectivity index (χ1v) is 5.45. The molecule has 0 amide bonds. The van der Waals surface area contributed by atoms with E-state index in [-0.39, 0.29) is 12.6 Å². The van der Waals surface area contributed by atoms with Gasteiger partial charge in [0.05, 0.1) is 0 Å². The first kappa shape index (κ1) is 12.8. The summed E-state index contributed by atoms with van der Waals surface area (Å²) in [4.78, 5) is 10.5. The van der Waals surface area contributed by atoms with Gasteiger partial charge in [0, 0.05) is 17.0 Å². The molecule has 16 heavy (non-hydrogen) atoms. The first-order valence-electron chi connectivity index (χ1n) is 4.65. The molecule has 0 spiro atoms. The highest BCUT2D eigenvalue weighted by Crippen LogP contribution is 2.22. The smallest absolute Gasteiger partial charge is 0.303 e. The van der Waals surface area contributed by atoms with E-state index in [1.807, 2.05) is 18.2 Å². The molecule has 1 aromatic carbocycles. The van der Waals surface area contributed by atoms with E-state index in [0.717, 1.165) is 4.47 Å². The maximum atomic E-state index is 10.5. The number of carbonyl (C=O) groups excluding carboxylic acids is 1. The van der Waals surface area contributed by atoms with Gasteiger partial charge in [-0.2, -0.15) is 0 Å².